The number of hydrogen-bond donors (Lipinski definition) is 0. The average molecular weight is 347 g/mol. The molecule has 1 aromatic carbocycles. The zero-order chi connectivity index (χ0) is 17.3. The highest BCUT2D eigenvalue weighted by Crippen LogP contribution is 2.31. The second-order valence-electron chi connectivity index (χ2n) is 7.27. The molecule has 5 nitrogen and oxygen atoms in total. The average Bonchev–Trinajstić information content (AvgIpc) is 2.96. The highest BCUT2D eigenvalue weighted by molar-refractivity contribution is 7.22. The van der Waals surface area contributed by atoms with Crippen molar-refractivity contribution >= 4 is 32.8 Å². The predicted molar refractivity (Wildman–Crippen MR) is 98.9 cm³/mol. The zero-order valence-corrected chi connectivity index (χ0v) is 15.6. The molecule has 1 aliphatic rings. The normalized spacial score (nSPS) is 16.4. The van der Waals surface area contributed by atoms with Gasteiger partial charge in [-0.05, 0) is 45.7 Å². The van der Waals surface area contributed by atoms with E-state index in [1.54, 1.807) is 16.2 Å². The van der Waals surface area contributed by atoms with Crippen LogP contribution in [0.3, 0.4) is 0 Å². The van der Waals surface area contributed by atoms with Crippen LogP contribution in [-0.4, -0.2) is 47.8 Å². The fraction of sp³-hybridized carbons (Fsp3) is 0.556. The van der Waals surface area contributed by atoms with Gasteiger partial charge in [-0.15, -0.1) is 0 Å². The van der Waals surface area contributed by atoms with Crippen LogP contribution in [-0.2, 0) is 4.74 Å². The van der Waals surface area contributed by atoms with E-state index in [-0.39, 0.29) is 12.1 Å². The van der Waals surface area contributed by atoms with Crippen LogP contribution < -0.4 is 4.90 Å². The lowest BCUT2D eigenvalue weighted by Gasteiger charge is -2.37. The van der Waals surface area contributed by atoms with Gasteiger partial charge in [0.1, 0.15) is 5.60 Å². The van der Waals surface area contributed by atoms with Gasteiger partial charge in [0.15, 0.2) is 5.13 Å². The predicted octanol–water partition coefficient (Wildman–Crippen LogP) is 4.13. The molecule has 1 aliphatic heterocycles. The Labute approximate surface area is 147 Å². The summed E-state index contributed by atoms with van der Waals surface area (Å²) in [7, 11) is 1.84. The fourth-order valence-electron chi connectivity index (χ4n) is 2.92. The van der Waals surface area contributed by atoms with Gasteiger partial charge in [-0.2, -0.15) is 0 Å². The molecule has 24 heavy (non-hydrogen) atoms. The number of thiazole rings is 1. The Morgan fingerprint density at radius 2 is 1.96 bits per heavy atom. The van der Waals surface area contributed by atoms with E-state index in [1.165, 1.54) is 4.70 Å². The molecule has 1 saturated heterocycles. The van der Waals surface area contributed by atoms with Crippen LogP contribution in [0.4, 0.5) is 9.93 Å². The number of fused-ring (bicyclic) bond motifs is 1. The lowest BCUT2D eigenvalue weighted by Crippen LogP contribution is -2.47. The SMILES string of the molecule is CN(C(=O)OC(C)(C)C)C1CCN(c2nc3ccccc3s2)CC1. The van der Waals surface area contributed by atoms with E-state index in [4.69, 9.17) is 9.72 Å². The zero-order valence-electron chi connectivity index (χ0n) is 14.8. The molecule has 130 valence electrons. The van der Waals surface area contributed by atoms with Crippen molar-refractivity contribution in [2.45, 2.75) is 45.3 Å². The third kappa shape index (κ3) is 3.80. The monoisotopic (exact) mass is 347 g/mol. The van der Waals surface area contributed by atoms with Crippen molar-refractivity contribution in [1.82, 2.24) is 9.88 Å². The summed E-state index contributed by atoms with van der Waals surface area (Å²) >= 11 is 1.74. The molecule has 1 fully saturated rings. The Morgan fingerprint density at radius 3 is 2.58 bits per heavy atom. The molecule has 3 rings (SSSR count). The first-order valence-corrected chi connectivity index (χ1v) is 9.21. The van der Waals surface area contributed by atoms with Gasteiger partial charge in [0.05, 0.1) is 10.2 Å². The molecule has 6 heteroatoms. The second-order valence-corrected chi connectivity index (χ2v) is 8.28. The molecule has 1 aromatic heterocycles. The second kappa shape index (κ2) is 6.59. The van der Waals surface area contributed by atoms with Crippen molar-refractivity contribution in [2.75, 3.05) is 25.0 Å². The molecular weight excluding hydrogens is 322 g/mol. The Hall–Kier alpha value is -1.82. The number of ether oxygens (including phenoxy) is 1. The minimum atomic E-state index is -0.451. The quantitative estimate of drug-likeness (QED) is 0.819. The summed E-state index contributed by atoms with van der Waals surface area (Å²) in [5.74, 6) is 0. The highest BCUT2D eigenvalue weighted by Gasteiger charge is 2.29. The van der Waals surface area contributed by atoms with Gasteiger partial charge in [-0.1, -0.05) is 23.5 Å². The number of nitrogens with zero attached hydrogens (tertiary/aromatic N) is 3. The first-order chi connectivity index (χ1) is 11.3. The molecule has 2 aromatic rings. The summed E-state index contributed by atoms with van der Waals surface area (Å²) in [6, 6.07) is 8.46. The topological polar surface area (TPSA) is 45.7 Å². The molecule has 0 aliphatic carbocycles. The van der Waals surface area contributed by atoms with Crippen LogP contribution in [0.5, 0.6) is 0 Å². The number of benzene rings is 1. The number of rotatable bonds is 2. The van der Waals surface area contributed by atoms with Crippen LogP contribution in [0, 0.1) is 0 Å². The molecule has 1 amide bonds. The third-order valence-electron chi connectivity index (χ3n) is 4.25. The van der Waals surface area contributed by atoms with Crippen LogP contribution in [0.25, 0.3) is 10.2 Å². The summed E-state index contributed by atoms with van der Waals surface area (Å²) in [6.07, 6.45) is 1.64. The van der Waals surface area contributed by atoms with Gasteiger partial charge in [0, 0.05) is 26.2 Å². The number of piperidine rings is 1. The number of hydrogen-bond acceptors (Lipinski definition) is 5. The van der Waals surface area contributed by atoms with Crippen LogP contribution in [0.1, 0.15) is 33.6 Å². The van der Waals surface area contributed by atoms with E-state index in [1.807, 2.05) is 40.0 Å². The van der Waals surface area contributed by atoms with Crippen molar-refractivity contribution in [3.63, 3.8) is 0 Å². The number of carbonyl (C=O) groups excluding carboxylic acids is 1. The number of anilines is 1. The molecular formula is C18H25N3O2S. The summed E-state index contributed by atoms with van der Waals surface area (Å²) in [6.45, 7) is 7.52. The minimum Gasteiger partial charge on any atom is -0.444 e. The highest BCUT2D eigenvalue weighted by atomic mass is 32.1. The molecule has 0 spiro atoms. The van der Waals surface area contributed by atoms with Gasteiger partial charge >= 0.3 is 6.09 Å². The largest absolute Gasteiger partial charge is 0.444 e. The lowest BCUT2D eigenvalue weighted by atomic mass is 10.0. The Morgan fingerprint density at radius 1 is 1.29 bits per heavy atom. The Kier molecular flexibility index (Phi) is 4.67. The summed E-state index contributed by atoms with van der Waals surface area (Å²) in [5, 5.41) is 1.08. The van der Waals surface area contributed by atoms with Crippen LogP contribution >= 0.6 is 11.3 Å². The molecule has 2 heterocycles. The van der Waals surface area contributed by atoms with Crippen molar-refractivity contribution in [2.24, 2.45) is 0 Å². The maximum absolute atomic E-state index is 12.2. The maximum atomic E-state index is 12.2. The van der Waals surface area contributed by atoms with Gasteiger partial charge < -0.3 is 14.5 Å². The summed E-state index contributed by atoms with van der Waals surface area (Å²) < 4.78 is 6.69. The van der Waals surface area contributed by atoms with Gasteiger partial charge in [-0.3, -0.25) is 0 Å². The maximum Gasteiger partial charge on any atom is 0.410 e. The smallest absolute Gasteiger partial charge is 0.410 e. The number of aromatic nitrogens is 1. The fourth-order valence-corrected chi connectivity index (χ4v) is 3.94. The lowest BCUT2D eigenvalue weighted by molar-refractivity contribution is 0.0201. The summed E-state index contributed by atoms with van der Waals surface area (Å²) in [4.78, 5) is 21.0. The molecule has 0 unspecified atom stereocenters. The van der Waals surface area contributed by atoms with Crippen molar-refractivity contribution in [3.05, 3.63) is 24.3 Å². The number of carbonyl (C=O) groups is 1. The van der Waals surface area contributed by atoms with E-state index in [0.29, 0.717) is 0 Å². The number of amides is 1. The molecule has 0 bridgehead atoms. The van der Waals surface area contributed by atoms with E-state index in [0.717, 1.165) is 36.6 Å². The van der Waals surface area contributed by atoms with Gasteiger partial charge in [-0.25, -0.2) is 9.78 Å². The van der Waals surface area contributed by atoms with Gasteiger partial charge in [0.25, 0.3) is 0 Å². The van der Waals surface area contributed by atoms with Gasteiger partial charge in [0.2, 0.25) is 0 Å². The molecule has 0 radical (unpaired) electrons. The molecule has 0 N–H and O–H groups in total. The standard InChI is InChI=1S/C18H25N3O2S/c1-18(2,3)23-17(22)20(4)13-9-11-21(12-10-13)16-19-14-7-5-6-8-15(14)24-16/h5-8,13H,9-12H2,1-4H3. The third-order valence-corrected chi connectivity index (χ3v) is 5.34. The molecule has 0 saturated carbocycles. The van der Waals surface area contributed by atoms with E-state index >= 15 is 0 Å². The Bertz CT molecular complexity index is 681. The van der Waals surface area contributed by atoms with E-state index < -0.39 is 5.60 Å². The van der Waals surface area contributed by atoms with Crippen molar-refractivity contribution in [1.29, 1.82) is 0 Å². The van der Waals surface area contributed by atoms with Crippen LogP contribution in [0.2, 0.25) is 0 Å². The summed E-state index contributed by atoms with van der Waals surface area (Å²) in [5.41, 5.74) is 0.609. The first-order valence-electron chi connectivity index (χ1n) is 8.40. The van der Waals surface area contributed by atoms with E-state index in [9.17, 15) is 4.79 Å². The first kappa shape index (κ1) is 17.0. The van der Waals surface area contributed by atoms with Crippen molar-refractivity contribution in [3.8, 4) is 0 Å². The number of para-hydroxylation sites is 1. The Balaban J connectivity index is 1.60. The van der Waals surface area contributed by atoms with E-state index in [2.05, 4.69) is 17.0 Å². The van der Waals surface area contributed by atoms with Crippen molar-refractivity contribution < 1.29 is 9.53 Å². The molecule has 0 atom stereocenters. The van der Waals surface area contributed by atoms with Crippen LogP contribution in [0.15, 0.2) is 24.3 Å². The minimum absolute atomic E-state index is 0.227.